The zero-order chi connectivity index (χ0) is 26.6. The van der Waals surface area contributed by atoms with E-state index in [1.807, 2.05) is 0 Å². The van der Waals surface area contributed by atoms with Crippen LogP contribution < -0.4 is 20.1 Å². The Morgan fingerprint density at radius 3 is 1.47 bits per heavy atom. The average Bonchev–Trinajstić information content (AvgIpc) is 2.84. The Bertz CT molecular complexity index is 1130. The molecule has 0 atom stereocenters. The Hall–Kier alpha value is -2.72. The van der Waals surface area contributed by atoms with Crippen LogP contribution in [0.2, 0.25) is 0 Å². The number of sulfone groups is 2. The first-order valence-corrected chi connectivity index (χ1v) is 15.7. The molecule has 200 valence electrons. The van der Waals surface area contributed by atoms with Crippen LogP contribution in [0.5, 0.6) is 11.5 Å². The van der Waals surface area contributed by atoms with Crippen molar-refractivity contribution in [1.29, 1.82) is 0 Å². The first-order chi connectivity index (χ1) is 17.2. The van der Waals surface area contributed by atoms with Crippen LogP contribution in [0.3, 0.4) is 0 Å². The number of anilines is 2. The van der Waals surface area contributed by atoms with Gasteiger partial charge in [-0.05, 0) is 37.1 Å². The zero-order valence-electron chi connectivity index (χ0n) is 21.5. The molecule has 0 heterocycles. The molecule has 0 fully saturated rings. The number of nitrogens with one attached hydrogen (secondary N) is 2. The van der Waals surface area contributed by atoms with Crippen LogP contribution in [-0.2, 0) is 19.7 Å². The molecule has 0 saturated heterocycles. The van der Waals surface area contributed by atoms with Crippen molar-refractivity contribution in [3.05, 3.63) is 58.6 Å². The maximum absolute atomic E-state index is 13.0. The van der Waals surface area contributed by atoms with Crippen molar-refractivity contribution in [3.63, 3.8) is 0 Å². The highest BCUT2D eigenvalue weighted by molar-refractivity contribution is 8.14. The van der Waals surface area contributed by atoms with Crippen molar-refractivity contribution < 1.29 is 26.3 Å². The van der Waals surface area contributed by atoms with Gasteiger partial charge in [0.05, 0.1) is 24.7 Å². The molecule has 0 aromatic heterocycles. The van der Waals surface area contributed by atoms with E-state index in [2.05, 4.69) is 24.5 Å². The molecule has 0 saturated carbocycles. The summed E-state index contributed by atoms with van der Waals surface area (Å²) in [6, 6.07) is 13.9. The summed E-state index contributed by atoms with van der Waals surface area (Å²) in [5.74, 6) is 0.314. The SMILES string of the molecule is CCCCOc1cccc(NC(Nc2cccc(OCCCC)c2)=C(S(=O)(=O)CC)S(=O)(=O)CC)c1. The van der Waals surface area contributed by atoms with Crippen LogP contribution in [0.15, 0.2) is 58.6 Å². The summed E-state index contributed by atoms with van der Waals surface area (Å²) < 4.78 is 63.0. The summed E-state index contributed by atoms with van der Waals surface area (Å²) in [6.07, 6.45) is 3.77. The summed E-state index contributed by atoms with van der Waals surface area (Å²) in [7, 11) is -8.24. The molecule has 8 nitrogen and oxygen atoms in total. The molecule has 0 bridgehead atoms. The molecule has 2 rings (SSSR count). The van der Waals surface area contributed by atoms with Crippen LogP contribution in [0.25, 0.3) is 0 Å². The van der Waals surface area contributed by atoms with Gasteiger partial charge in [0.1, 0.15) is 17.3 Å². The summed E-state index contributed by atoms with van der Waals surface area (Å²) in [5, 5.41) is 6.00. The Balaban J connectivity index is 2.55. The number of hydrogen-bond donors (Lipinski definition) is 2. The third kappa shape index (κ3) is 8.74. The standard InChI is InChI=1S/C26H38N2O6S2/c1-5-9-17-33-23-15-11-13-21(19-23)27-25(26(35(29,30)7-3)36(31,32)8-4)28-22-14-12-16-24(20-22)34-18-10-6-2/h11-16,19-20,27-28H,5-10,17-18H2,1-4H3. The Labute approximate surface area is 215 Å². The summed E-state index contributed by atoms with van der Waals surface area (Å²) in [5.41, 5.74) is 0.967. The Morgan fingerprint density at radius 1 is 0.694 bits per heavy atom. The van der Waals surface area contributed by atoms with Crippen molar-refractivity contribution in [3.8, 4) is 11.5 Å². The van der Waals surface area contributed by atoms with Crippen molar-refractivity contribution in [2.45, 2.75) is 53.4 Å². The fourth-order valence-corrected chi connectivity index (χ4v) is 6.79. The van der Waals surface area contributed by atoms with Crippen LogP contribution in [0.1, 0.15) is 53.4 Å². The number of benzene rings is 2. The zero-order valence-corrected chi connectivity index (χ0v) is 23.2. The molecule has 0 aliphatic heterocycles. The predicted octanol–water partition coefficient (Wildman–Crippen LogP) is 5.56. The lowest BCUT2D eigenvalue weighted by molar-refractivity contribution is 0.309. The van der Waals surface area contributed by atoms with Crippen LogP contribution in [0.4, 0.5) is 11.4 Å². The van der Waals surface area contributed by atoms with Gasteiger partial charge < -0.3 is 20.1 Å². The normalized spacial score (nSPS) is 11.6. The van der Waals surface area contributed by atoms with E-state index >= 15 is 0 Å². The largest absolute Gasteiger partial charge is 0.494 e. The fraction of sp³-hybridized carbons (Fsp3) is 0.462. The minimum atomic E-state index is -4.12. The maximum atomic E-state index is 13.0. The molecule has 0 aliphatic carbocycles. The quantitative estimate of drug-likeness (QED) is 0.267. The Morgan fingerprint density at radius 2 is 1.11 bits per heavy atom. The number of ether oxygens (including phenoxy) is 2. The number of hydrogen-bond acceptors (Lipinski definition) is 8. The van der Waals surface area contributed by atoms with Gasteiger partial charge in [-0.2, -0.15) is 0 Å². The predicted molar refractivity (Wildman–Crippen MR) is 147 cm³/mol. The monoisotopic (exact) mass is 538 g/mol. The van der Waals surface area contributed by atoms with Gasteiger partial charge in [0, 0.05) is 23.5 Å². The first kappa shape index (κ1) is 29.5. The second-order valence-corrected chi connectivity index (χ2v) is 12.9. The molecule has 0 radical (unpaired) electrons. The molecular formula is C26H38N2O6S2. The van der Waals surface area contributed by atoms with Crippen molar-refractivity contribution in [1.82, 2.24) is 0 Å². The summed E-state index contributed by atoms with van der Waals surface area (Å²) in [6.45, 7) is 8.07. The van der Waals surface area contributed by atoms with Crippen molar-refractivity contribution in [2.75, 3.05) is 35.4 Å². The molecule has 2 aromatic rings. The van der Waals surface area contributed by atoms with E-state index in [9.17, 15) is 16.8 Å². The van der Waals surface area contributed by atoms with Gasteiger partial charge in [-0.25, -0.2) is 16.8 Å². The van der Waals surface area contributed by atoms with Crippen LogP contribution >= 0.6 is 0 Å². The van der Waals surface area contributed by atoms with E-state index in [0.717, 1.165) is 25.7 Å². The summed E-state index contributed by atoms with van der Waals surface area (Å²) in [4.78, 5) is 0. The topological polar surface area (TPSA) is 111 Å². The lowest BCUT2D eigenvalue weighted by atomic mass is 10.3. The molecule has 10 heteroatoms. The average molecular weight is 539 g/mol. The highest BCUT2D eigenvalue weighted by Crippen LogP contribution is 2.27. The molecule has 2 aromatic carbocycles. The van der Waals surface area contributed by atoms with Gasteiger partial charge >= 0.3 is 0 Å². The van der Waals surface area contributed by atoms with E-state index in [4.69, 9.17) is 9.47 Å². The van der Waals surface area contributed by atoms with Gasteiger partial charge in [-0.3, -0.25) is 0 Å². The molecule has 0 spiro atoms. The first-order valence-electron chi connectivity index (χ1n) is 12.4. The third-order valence-corrected chi connectivity index (χ3v) is 9.85. The van der Waals surface area contributed by atoms with Gasteiger partial charge in [-0.1, -0.05) is 52.7 Å². The summed E-state index contributed by atoms with van der Waals surface area (Å²) >= 11 is 0. The molecule has 2 N–H and O–H groups in total. The lowest BCUT2D eigenvalue weighted by Gasteiger charge is -2.19. The smallest absolute Gasteiger partial charge is 0.199 e. The van der Waals surface area contributed by atoms with Crippen molar-refractivity contribution in [2.24, 2.45) is 0 Å². The van der Waals surface area contributed by atoms with E-state index in [-0.39, 0.29) is 17.3 Å². The van der Waals surface area contributed by atoms with Crippen LogP contribution in [-0.4, -0.2) is 41.6 Å². The van der Waals surface area contributed by atoms with Crippen LogP contribution in [0, 0.1) is 0 Å². The van der Waals surface area contributed by atoms with Gasteiger partial charge in [0.25, 0.3) is 0 Å². The molecule has 0 amide bonds. The number of rotatable bonds is 16. The maximum Gasteiger partial charge on any atom is 0.199 e. The third-order valence-electron chi connectivity index (χ3n) is 5.27. The lowest BCUT2D eigenvalue weighted by Crippen LogP contribution is -2.25. The highest BCUT2D eigenvalue weighted by atomic mass is 32.3. The van der Waals surface area contributed by atoms with Gasteiger partial charge in [0.15, 0.2) is 23.9 Å². The second-order valence-electron chi connectivity index (χ2n) is 8.18. The number of unbranched alkanes of at least 4 members (excludes halogenated alkanes) is 2. The van der Waals surface area contributed by atoms with E-state index in [1.165, 1.54) is 13.8 Å². The fourth-order valence-electron chi connectivity index (χ4n) is 3.18. The molecular weight excluding hydrogens is 500 g/mol. The van der Waals surface area contributed by atoms with Gasteiger partial charge in [0.2, 0.25) is 0 Å². The van der Waals surface area contributed by atoms with E-state index < -0.39 is 23.9 Å². The minimum Gasteiger partial charge on any atom is -0.494 e. The van der Waals surface area contributed by atoms with Gasteiger partial charge in [-0.15, -0.1) is 0 Å². The van der Waals surface area contributed by atoms with E-state index in [0.29, 0.717) is 36.1 Å². The molecule has 0 unspecified atom stereocenters. The minimum absolute atomic E-state index is 0.143. The molecule has 36 heavy (non-hydrogen) atoms. The highest BCUT2D eigenvalue weighted by Gasteiger charge is 2.32. The molecule has 0 aliphatic rings. The Kier molecular flexibility index (Phi) is 11.6. The van der Waals surface area contributed by atoms with E-state index in [1.54, 1.807) is 48.5 Å². The van der Waals surface area contributed by atoms with Crippen molar-refractivity contribution >= 4 is 31.0 Å². The second kappa shape index (κ2) is 14.1.